The number of aryl methyl sites for hydroxylation is 1. The highest BCUT2D eigenvalue weighted by molar-refractivity contribution is 7.14. The number of nitrogens with zero attached hydrogens (tertiary/aromatic N) is 3. The molecule has 0 aliphatic heterocycles. The fraction of sp³-hybridized carbons (Fsp3) is 0.692. The largest absolute Gasteiger partial charge is 0.222 e. The van der Waals surface area contributed by atoms with Gasteiger partial charge in [-0.1, -0.05) is 38.5 Å². The molecule has 17 heavy (non-hydrogen) atoms. The van der Waals surface area contributed by atoms with E-state index in [0.29, 0.717) is 5.41 Å². The van der Waals surface area contributed by atoms with Crippen LogP contribution in [-0.2, 0) is 12.8 Å². The molecule has 0 spiro atoms. The third-order valence-electron chi connectivity index (χ3n) is 4.51. The van der Waals surface area contributed by atoms with E-state index in [9.17, 15) is 0 Å². The van der Waals surface area contributed by atoms with E-state index in [-0.39, 0.29) is 0 Å². The molecule has 0 saturated heterocycles. The highest BCUT2D eigenvalue weighted by Crippen LogP contribution is 2.39. The smallest absolute Gasteiger partial charge is 0.212 e. The van der Waals surface area contributed by atoms with E-state index in [1.54, 1.807) is 11.3 Å². The Labute approximate surface area is 106 Å². The molecule has 1 aliphatic carbocycles. The number of hydrogen-bond acceptors (Lipinski definition) is 3. The van der Waals surface area contributed by atoms with E-state index < -0.39 is 0 Å². The first kappa shape index (κ1) is 11.2. The third-order valence-corrected chi connectivity index (χ3v) is 5.18. The summed E-state index contributed by atoms with van der Waals surface area (Å²) in [6.45, 7) is 7.08. The maximum atomic E-state index is 4.67. The molecule has 3 rings (SSSR count). The van der Waals surface area contributed by atoms with Crippen LogP contribution < -0.4 is 0 Å². The summed E-state index contributed by atoms with van der Waals surface area (Å²) in [5.74, 6) is 0.765. The normalized spacial score (nSPS) is 20.8. The van der Waals surface area contributed by atoms with Crippen LogP contribution in [0.25, 0.3) is 4.96 Å². The molecule has 1 unspecified atom stereocenters. The van der Waals surface area contributed by atoms with Gasteiger partial charge in [0.15, 0.2) is 0 Å². The molecule has 0 amide bonds. The summed E-state index contributed by atoms with van der Waals surface area (Å²) in [7, 11) is 0. The molecule has 2 heterocycles. The Morgan fingerprint density at radius 1 is 1.53 bits per heavy atom. The second kappa shape index (κ2) is 3.80. The Kier molecular flexibility index (Phi) is 2.51. The first-order chi connectivity index (χ1) is 8.12. The molecule has 0 radical (unpaired) electrons. The van der Waals surface area contributed by atoms with Crippen LogP contribution in [0.5, 0.6) is 0 Å². The second-order valence-corrected chi connectivity index (χ2v) is 6.53. The number of hydrogen-bond donors (Lipinski definition) is 0. The van der Waals surface area contributed by atoms with Crippen LogP contribution in [0.2, 0.25) is 0 Å². The van der Waals surface area contributed by atoms with Crippen LogP contribution in [0.1, 0.15) is 45.0 Å². The van der Waals surface area contributed by atoms with Crippen LogP contribution in [0, 0.1) is 11.3 Å². The third kappa shape index (κ3) is 1.69. The number of rotatable bonds is 2. The van der Waals surface area contributed by atoms with Gasteiger partial charge < -0.3 is 0 Å². The summed E-state index contributed by atoms with van der Waals surface area (Å²) in [5, 5.41) is 4.41. The Balaban J connectivity index is 1.98. The lowest BCUT2D eigenvalue weighted by molar-refractivity contribution is 0.180. The molecule has 0 fully saturated rings. The fourth-order valence-electron chi connectivity index (χ4n) is 2.78. The Bertz CT molecular complexity index is 538. The van der Waals surface area contributed by atoms with Gasteiger partial charge in [-0.25, -0.2) is 9.50 Å². The molecular weight excluding hydrogens is 230 g/mol. The zero-order chi connectivity index (χ0) is 12.0. The Hall–Kier alpha value is -0.900. The molecule has 3 nitrogen and oxygen atoms in total. The van der Waals surface area contributed by atoms with Gasteiger partial charge in [0.05, 0.1) is 11.4 Å². The van der Waals surface area contributed by atoms with Gasteiger partial charge in [-0.05, 0) is 30.6 Å². The topological polar surface area (TPSA) is 30.2 Å². The van der Waals surface area contributed by atoms with Gasteiger partial charge in [-0.2, -0.15) is 5.10 Å². The van der Waals surface area contributed by atoms with E-state index in [0.717, 1.165) is 23.7 Å². The van der Waals surface area contributed by atoms with Gasteiger partial charge in [-0.15, -0.1) is 0 Å². The van der Waals surface area contributed by atoms with Crippen LogP contribution in [-0.4, -0.2) is 14.6 Å². The van der Waals surface area contributed by atoms with Gasteiger partial charge in [-0.3, -0.25) is 0 Å². The SMILES string of the molecule is CCC(C)(C)C1CCc2nc3scnn3c2C1. The van der Waals surface area contributed by atoms with Crippen LogP contribution in [0.3, 0.4) is 0 Å². The highest BCUT2D eigenvalue weighted by atomic mass is 32.1. The minimum atomic E-state index is 0.428. The first-order valence-corrected chi connectivity index (χ1v) is 7.30. The average molecular weight is 249 g/mol. The van der Waals surface area contributed by atoms with Gasteiger partial charge in [0.1, 0.15) is 5.51 Å². The Morgan fingerprint density at radius 2 is 2.35 bits per heavy atom. The van der Waals surface area contributed by atoms with Gasteiger partial charge >= 0.3 is 0 Å². The van der Waals surface area contributed by atoms with Crippen LogP contribution >= 0.6 is 11.3 Å². The summed E-state index contributed by atoms with van der Waals surface area (Å²) >= 11 is 1.64. The predicted octanol–water partition coefficient (Wildman–Crippen LogP) is 3.33. The van der Waals surface area contributed by atoms with E-state index in [1.165, 1.54) is 24.2 Å². The molecule has 1 aliphatic rings. The molecule has 92 valence electrons. The average Bonchev–Trinajstić information content (AvgIpc) is 2.88. The first-order valence-electron chi connectivity index (χ1n) is 6.42. The quantitative estimate of drug-likeness (QED) is 0.817. The minimum absolute atomic E-state index is 0.428. The molecule has 0 bridgehead atoms. The van der Waals surface area contributed by atoms with Crippen molar-refractivity contribution in [1.29, 1.82) is 0 Å². The number of fused-ring (bicyclic) bond motifs is 3. The van der Waals surface area contributed by atoms with Crippen molar-refractivity contribution >= 4 is 16.3 Å². The summed E-state index contributed by atoms with van der Waals surface area (Å²) in [4.78, 5) is 5.73. The van der Waals surface area contributed by atoms with E-state index >= 15 is 0 Å². The lowest BCUT2D eigenvalue weighted by Crippen LogP contribution is -2.29. The monoisotopic (exact) mass is 249 g/mol. The van der Waals surface area contributed by atoms with Crippen molar-refractivity contribution in [1.82, 2.24) is 14.6 Å². The van der Waals surface area contributed by atoms with Crippen molar-refractivity contribution < 1.29 is 0 Å². The van der Waals surface area contributed by atoms with Crippen molar-refractivity contribution in [2.75, 3.05) is 0 Å². The molecule has 1 atom stereocenters. The molecule has 2 aromatic heterocycles. The summed E-state index contributed by atoms with van der Waals surface area (Å²) in [6.07, 6.45) is 4.78. The maximum absolute atomic E-state index is 4.67. The van der Waals surface area contributed by atoms with Crippen molar-refractivity contribution in [3.05, 3.63) is 16.9 Å². The van der Waals surface area contributed by atoms with E-state index in [2.05, 4.69) is 35.4 Å². The zero-order valence-corrected chi connectivity index (χ0v) is 11.5. The van der Waals surface area contributed by atoms with Crippen molar-refractivity contribution in [2.24, 2.45) is 11.3 Å². The summed E-state index contributed by atoms with van der Waals surface area (Å²) in [6, 6.07) is 0. The van der Waals surface area contributed by atoms with E-state index in [1.807, 2.05) is 5.51 Å². The standard InChI is InChI=1S/C13H19N3S/c1-4-13(2,3)9-5-6-10-11(7-9)16-12(15-10)17-8-14-16/h8-9H,4-7H2,1-3H3. The lowest BCUT2D eigenvalue weighted by atomic mass is 9.70. The molecule has 0 aromatic carbocycles. The van der Waals surface area contributed by atoms with Gasteiger partial charge in [0.25, 0.3) is 0 Å². The predicted molar refractivity (Wildman–Crippen MR) is 70.5 cm³/mol. The van der Waals surface area contributed by atoms with Crippen molar-refractivity contribution in [2.45, 2.75) is 46.5 Å². The van der Waals surface area contributed by atoms with Crippen molar-refractivity contribution in [3.8, 4) is 0 Å². The maximum Gasteiger partial charge on any atom is 0.212 e. The molecule has 0 N–H and O–H groups in total. The van der Waals surface area contributed by atoms with Gasteiger partial charge in [0.2, 0.25) is 4.96 Å². The number of aromatic nitrogens is 3. The second-order valence-electron chi connectivity index (χ2n) is 5.72. The summed E-state index contributed by atoms with van der Waals surface area (Å²) in [5.41, 5.74) is 4.96. The highest BCUT2D eigenvalue weighted by Gasteiger charge is 2.33. The summed E-state index contributed by atoms with van der Waals surface area (Å²) < 4.78 is 2.05. The lowest BCUT2D eigenvalue weighted by Gasteiger charge is -2.35. The molecule has 2 aromatic rings. The van der Waals surface area contributed by atoms with Crippen LogP contribution in [0.4, 0.5) is 0 Å². The minimum Gasteiger partial charge on any atom is -0.222 e. The van der Waals surface area contributed by atoms with Gasteiger partial charge in [0, 0.05) is 0 Å². The number of imidazole rings is 1. The molecular formula is C13H19N3S. The van der Waals surface area contributed by atoms with Crippen molar-refractivity contribution in [3.63, 3.8) is 0 Å². The molecule has 4 heteroatoms. The fourth-order valence-corrected chi connectivity index (χ4v) is 3.44. The zero-order valence-electron chi connectivity index (χ0n) is 10.7. The van der Waals surface area contributed by atoms with E-state index in [4.69, 9.17) is 0 Å². The van der Waals surface area contributed by atoms with Crippen LogP contribution in [0.15, 0.2) is 5.51 Å². The Morgan fingerprint density at radius 3 is 3.12 bits per heavy atom. The molecule has 0 saturated carbocycles.